The van der Waals surface area contributed by atoms with Gasteiger partial charge in [0.25, 0.3) is 0 Å². The third kappa shape index (κ3) is 10.6. The third-order valence-corrected chi connectivity index (χ3v) is 22.5. The fourth-order valence-electron chi connectivity index (χ4n) is 4.62. The van der Waals surface area contributed by atoms with Gasteiger partial charge in [0.05, 0.1) is 0 Å². The Balaban J connectivity index is 3.63. The zero-order valence-electron chi connectivity index (χ0n) is 21.5. The molecule has 5 nitrogen and oxygen atoms in total. The first kappa shape index (κ1) is 29.7. The van der Waals surface area contributed by atoms with Crippen molar-refractivity contribution in [1.82, 2.24) is 5.32 Å². The Bertz CT molecular complexity index is 698. The van der Waals surface area contributed by atoms with E-state index in [9.17, 15) is 9.59 Å². The molecule has 0 aliphatic carbocycles. The Kier molecular flexibility index (Phi) is 15.4. The van der Waals surface area contributed by atoms with E-state index >= 15 is 0 Å². The van der Waals surface area contributed by atoms with Gasteiger partial charge in [-0.05, 0) is 0 Å². The molecule has 0 saturated carbocycles. The number of ether oxygens (including phenoxy) is 2. The summed E-state index contributed by atoms with van der Waals surface area (Å²) in [6, 6.07) is 9.97. The predicted octanol–water partition coefficient (Wildman–Crippen LogP) is 6.48. The zero-order chi connectivity index (χ0) is 24.5. The maximum absolute atomic E-state index is 12.9. The number of rotatable bonds is 17. The van der Waals surface area contributed by atoms with Gasteiger partial charge in [-0.25, -0.2) is 0 Å². The zero-order valence-corrected chi connectivity index (χ0v) is 24.3. The van der Waals surface area contributed by atoms with E-state index in [2.05, 4.69) is 38.2 Å². The van der Waals surface area contributed by atoms with Crippen LogP contribution in [0.2, 0.25) is 13.3 Å². The van der Waals surface area contributed by atoms with Crippen molar-refractivity contribution in [2.24, 2.45) is 0 Å². The Morgan fingerprint density at radius 2 is 1.48 bits per heavy atom. The van der Waals surface area contributed by atoms with E-state index in [1.165, 1.54) is 43.3 Å². The van der Waals surface area contributed by atoms with Crippen LogP contribution in [0, 0.1) is 0 Å². The van der Waals surface area contributed by atoms with Crippen LogP contribution in [-0.4, -0.2) is 57.1 Å². The van der Waals surface area contributed by atoms with Crippen LogP contribution in [0.15, 0.2) is 40.0 Å². The van der Waals surface area contributed by atoms with E-state index < -0.39 is 24.5 Å². The maximum atomic E-state index is 12.9. The van der Waals surface area contributed by atoms with Crippen molar-refractivity contribution in [1.29, 1.82) is 0 Å². The number of nitrogens with one attached hydrogen (secondary N) is 1. The third-order valence-electron chi connectivity index (χ3n) is 6.38. The number of unbranched alkanes of at least 4 members (excludes halogenated alkanes) is 3. The molecule has 0 aliphatic rings. The summed E-state index contributed by atoms with van der Waals surface area (Å²) >= 11 is -3.04. The molecule has 1 amide bonds. The molecule has 33 heavy (non-hydrogen) atoms. The number of hydrogen-bond donors (Lipinski definition) is 1. The number of methoxy groups -OCH3 is 2. The molecule has 1 rings (SSSR count). The van der Waals surface area contributed by atoms with Gasteiger partial charge in [-0.1, -0.05) is 0 Å². The summed E-state index contributed by atoms with van der Waals surface area (Å²) in [5, 5.41) is 3.13. The molecule has 1 atom stereocenters. The first-order chi connectivity index (χ1) is 16.0. The predicted molar refractivity (Wildman–Crippen MR) is 139 cm³/mol. The molecule has 0 aliphatic heterocycles. The van der Waals surface area contributed by atoms with Crippen LogP contribution in [0.25, 0.3) is 0 Å². The second-order valence-electron chi connectivity index (χ2n) is 8.97. The molecule has 0 aromatic heterocycles. The number of hydrogen-bond acceptors (Lipinski definition) is 4. The molecule has 0 fully saturated rings. The van der Waals surface area contributed by atoms with Gasteiger partial charge in [0, 0.05) is 0 Å². The SMILES string of the molecule is CCC[CH2][Sn]([CH2]CCC)([CH2]CCC)/[C](=C/C(=O)COC)[C@H](Cc1ccccc1)NC(=O)OC. The Labute approximate surface area is 205 Å². The molecule has 1 aromatic rings. The first-order valence-electron chi connectivity index (χ1n) is 12.6. The molecular weight excluding hydrogens is 521 g/mol. The molecule has 0 bridgehead atoms. The number of ketones is 1. The number of amides is 1. The molecule has 0 spiro atoms. The molecule has 186 valence electrons. The summed E-state index contributed by atoms with van der Waals surface area (Å²) < 4.78 is 15.1. The van der Waals surface area contributed by atoms with Crippen LogP contribution < -0.4 is 5.32 Å². The average Bonchev–Trinajstić information content (AvgIpc) is 2.83. The Hall–Kier alpha value is -1.34. The standard InChI is InChI=1S/C15H18NO4.3C4H9.Sn/c1-19-11-14(17)9-8-13(16-15(18)20-2)10-12-6-4-3-5-7-12;3*1-3-4-2;/h3-7,9,13H,10-11H2,1-2H3,(H,16,18);3*1,3-4H2,2H3;/t13-;;;;/m1..../s1. The van der Waals surface area contributed by atoms with Crippen LogP contribution in [0.3, 0.4) is 0 Å². The molecule has 0 radical (unpaired) electrons. The second-order valence-corrected chi connectivity index (χ2v) is 22.2. The fourth-order valence-corrected chi connectivity index (χ4v) is 22.0. The normalized spacial score (nSPS) is 12.9. The van der Waals surface area contributed by atoms with E-state index in [1.54, 1.807) is 7.11 Å². The summed E-state index contributed by atoms with van der Waals surface area (Å²) in [6.45, 7) is 6.79. The number of carbonyl (C=O) groups excluding carboxylic acids is 2. The van der Waals surface area contributed by atoms with Gasteiger partial charge in [0.2, 0.25) is 0 Å². The van der Waals surface area contributed by atoms with E-state index in [4.69, 9.17) is 9.47 Å². The van der Waals surface area contributed by atoms with Crippen LogP contribution in [0.4, 0.5) is 4.79 Å². The molecule has 1 aromatic carbocycles. The average molecular weight is 566 g/mol. The van der Waals surface area contributed by atoms with Crippen LogP contribution in [0.5, 0.6) is 0 Å². The second kappa shape index (κ2) is 17.1. The summed E-state index contributed by atoms with van der Waals surface area (Å²) in [5.74, 6) is -0.0113. The molecule has 0 heterocycles. The fraction of sp³-hybridized carbons (Fsp3) is 0.630. The first-order valence-corrected chi connectivity index (χ1v) is 20.1. The van der Waals surface area contributed by atoms with Gasteiger partial charge in [-0.3, -0.25) is 0 Å². The Morgan fingerprint density at radius 3 is 1.94 bits per heavy atom. The summed E-state index contributed by atoms with van der Waals surface area (Å²) in [6.07, 6.45) is 9.04. The minimum atomic E-state index is -3.04. The molecule has 1 N–H and O–H groups in total. The number of carbonyl (C=O) groups is 2. The molecular formula is C27H45NO4Sn. The van der Waals surface area contributed by atoms with E-state index in [-0.39, 0.29) is 18.4 Å². The van der Waals surface area contributed by atoms with Gasteiger partial charge < -0.3 is 0 Å². The van der Waals surface area contributed by atoms with E-state index in [0.29, 0.717) is 6.42 Å². The van der Waals surface area contributed by atoms with Crippen LogP contribution in [0.1, 0.15) is 64.9 Å². The van der Waals surface area contributed by atoms with Crippen molar-refractivity contribution in [3.63, 3.8) is 0 Å². The summed E-state index contributed by atoms with van der Waals surface area (Å²) in [7, 11) is 2.96. The minimum absolute atomic E-state index is 0.0113. The monoisotopic (exact) mass is 567 g/mol. The van der Waals surface area contributed by atoms with E-state index in [1.807, 2.05) is 24.3 Å². The summed E-state index contributed by atoms with van der Waals surface area (Å²) in [4.78, 5) is 25.4. The van der Waals surface area contributed by atoms with Crippen molar-refractivity contribution >= 4 is 30.3 Å². The van der Waals surface area contributed by atoms with Crippen molar-refractivity contribution < 1.29 is 19.1 Å². The molecule has 0 unspecified atom stereocenters. The number of alkyl carbamates (subject to hydrolysis) is 1. The van der Waals surface area contributed by atoms with Crippen molar-refractivity contribution in [3.05, 3.63) is 45.6 Å². The topological polar surface area (TPSA) is 64.6 Å². The molecule has 6 heteroatoms. The number of benzene rings is 1. The van der Waals surface area contributed by atoms with E-state index in [0.717, 1.165) is 24.8 Å². The van der Waals surface area contributed by atoms with Gasteiger partial charge in [0.1, 0.15) is 0 Å². The van der Waals surface area contributed by atoms with Crippen LogP contribution >= 0.6 is 0 Å². The van der Waals surface area contributed by atoms with Crippen LogP contribution in [-0.2, 0) is 20.7 Å². The Morgan fingerprint density at radius 1 is 0.939 bits per heavy atom. The van der Waals surface area contributed by atoms with Crippen molar-refractivity contribution in [2.45, 2.75) is 85.1 Å². The molecule has 0 saturated heterocycles. The van der Waals surface area contributed by atoms with Gasteiger partial charge >= 0.3 is 206 Å². The van der Waals surface area contributed by atoms with Gasteiger partial charge in [-0.2, -0.15) is 0 Å². The van der Waals surface area contributed by atoms with Crippen molar-refractivity contribution in [3.8, 4) is 0 Å². The van der Waals surface area contributed by atoms with Gasteiger partial charge in [-0.15, -0.1) is 0 Å². The quantitative estimate of drug-likeness (QED) is 0.173. The van der Waals surface area contributed by atoms with Gasteiger partial charge in [0.15, 0.2) is 0 Å². The van der Waals surface area contributed by atoms with Crippen molar-refractivity contribution in [2.75, 3.05) is 20.8 Å². The summed E-state index contributed by atoms with van der Waals surface area (Å²) in [5.41, 5.74) is 1.14.